The van der Waals surface area contributed by atoms with Crippen LogP contribution in [0.2, 0.25) is 0 Å². The van der Waals surface area contributed by atoms with Crippen LogP contribution in [0.3, 0.4) is 0 Å². The van der Waals surface area contributed by atoms with Gasteiger partial charge in [-0.05, 0) is 37.5 Å². The molecule has 1 unspecified atom stereocenters. The fourth-order valence-corrected chi connectivity index (χ4v) is 5.32. The summed E-state index contributed by atoms with van der Waals surface area (Å²) in [5.41, 5.74) is 1.74. The molecule has 29 heavy (non-hydrogen) atoms. The Morgan fingerprint density at radius 1 is 1.14 bits per heavy atom. The summed E-state index contributed by atoms with van der Waals surface area (Å²) in [6.45, 7) is 4.42. The minimum Gasteiger partial charge on any atom is -0.355 e. The Hall–Kier alpha value is -2.67. The highest BCUT2D eigenvalue weighted by atomic mass is 32.2. The summed E-state index contributed by atoms with van der Waals surface area (Å²) in [6, 6.07) is 16.9. The number of amides is 1. The third-order valence-electron chi connectivity index (χ3n) is 5.59. The fraction of sp³-hybridized carbons (Fsp3) is 0.364. The van der Waals surface area contributed by atoms with E-state index in [0.717, 1.165) is 18.4 Å². The average Bonchev–Trinajstić information content (AvgIpc) is 3.03. The van der Waals surface area contributed by atoms with Crippen LogP contribution in [-0.2, 0) is 21.4 Å². The van der Waals surface area contributed by atoms with Crippen LogP contribution in [0, 0.1) is 5.92 Å². The van der Waals surface area contributed by atoms with Crippen LogP contribution < -0.4 is 0 Å². The molecule has 152 valence electrons. The first-order valence-corrected chi connectivity index (χ1v) is 11.5. The van der Waals surface area contributed by atoms with Crippen molar-refractivity contribution in [1.82, 2.24) is 9.80 Å². The maximum Gasteiger partial charge on any atom is 0.285 e. The van der Waals surface area contributed by atoms with Crippen molar-refractivity contribution in [3.63, 3.8) is 0 Å². The summed E-state index contributed by atoms with van der Waals surface area (Å²) >= 11 is 0. The van der Waals surface area contributed by atoms with Crippen LogP contribution in [0.25, 0.3) is 0 Å². The van der Waals surface area contributed by atoms with E-state index in [1.807, 2.05) is 53.1 Å². The highest BCUT2D eigenvalue weighted by molar-refractivity contribution is 7.90. The highest BCUT2D eigenvalue weighted by Gasteiger charge is 2.36. The predicted octanol–water partition coefficient (Wildman–Crippen LogP) is 2.90. The molecule has 1 fully saturated rings. The Morgan fingerprint density at radius 2 is 1.86 bits per heavy atom. The van der Waals surface area contributed by atoms with Crippen LogP contribution in [0.1, 0.15) is 30.9 Å². The van der Waals surface area contributed by atoms with Crippen LogP contribution in [-0.4, -0.2) is 49.6 Å². The standard InChI is InChI=1S/C22H25N3O3S/c1-2-24(15-17-9-4-3-5-10-17)22(26)18-11-8-14-25(16-18)21-19-12-6-7-13-20(19)29(27,28)23-21/h3-7,9-10,12-13,18H,2,8,11,14-16H2,1H3. The second kappa shape index (κ2) is 7.99. The molecule has 1 amide bonds. The molecule has 0 radical (unpaired) electrons. The van der Waals surface area contributed by atoms with Gasteiger partial charge in [-0.2, -0.15) is 8.42 Å². The van der Waals surface area contributed by atoms with Crippen LogP contribution in [0.5, 0.6) is 0 Å². The summed E-state index contributed by atoms with van der Waals surface area (Å²) in [5.74, 6) is 0.436. The summed E-state index contributed by atoms with van der Waals surface area (Å²) in [6.07, 6.45) is 1.64. The number of benzene rings is 2. The number of carbonyl (C=O) groups excluding carboxylic acids is 1. The number of nitrogens with zero attached hydrogens (tertiary/aromatic N) is 3. The second-order valence-corrected chi connectivity index (χ2v) is 9.08. The molecule has 7 heteroatoms. The van der Waals surface area contributed by atoms with Gasteiger partial charge in [0.15, 0.2) is 5.84 Å². The van der Waals surface area contributed by atoms with Gasteiger partial charge in [0.1, 0.15) is 4.90 Å². The number of sulfonamides is 1. The monoisotopic (exact) mass is 411 g/mol. The lowest BCUT2D eigenvalue weighted by atomic mass is 9.95. The lowest BCUT2D eigenvalue weighted by Crippen LogP contribution is -2.46. The molecule has 2 aromatic carbocycles. The Morgan fingerprint density at radius 3 is 2.62 bits per heavy atom. The molecule has 0 N–H and O–H groups in total. The number of likely N-dealkylation sites (tertiary alicyclic amines) is 1. The summed E-state index contributed by atoms with van der Waals surface area (Å²) in [7, 11) is -3.65. The van der Waals surface area contributed by atoms with Crippen molar-refractivity contribution in [3.05, 3.63) is 65.7 Å². The minimum atomic E-state index is -3.65. The lowest BCUT2D eigenvalue weighted by molar-refractivity contribution is -0.137. The van der Waals surface area contributed by atoms with Crippen molar-refractivity contribution in [2.45, 2.75) is 31.2 Å². The van der Waals surface area contributed by atoms with E-state index in [9.17, 15) is 13.2 Å². The Labute approximate surface area is 171 Å². The highest BCUT2D eigenvalue weighted by Crippen LogP contribution is 2.30. The zero-order chi connectivity index (χ0) is 20.4. The zero-order valence-electron chi connectivity index (χ0n) is 16.5. The predicted molar refractivity (Wildman–Crippen MR) is 112 cm³/mol. The van der Waals surface area contributed by atoms with Gasteiger partial charge in [0.05, 0.1) is 5.92 Å². The zero-order valence-corrected chi connectivity index (χ0v) is 17.3. The van der Waals surface area contributed by atoms with Gasteiger partial charge in [-0.3, -0.25) is 4.79 Å². The maximum absolute atomic E-state index is 13.2. The molecular formula is C22H25N3O3S. The van der Waals surface area contributed by atoms with Gasteiger partial charge in [-0.25, -0.2) is 0 Å². The van der Waals surface area contributed by atoms with Gasteiger partial charge in [-0.15, -0.1) is 4.40 Å². The number of piperidine rings is 1. The molecule has 0 saturated carbocycles. The van der Waals surface area contributed by atoms with E-state index in [0.29, 0.717) is 37.6 Å². The fourth-order valence-electron chi connectivity index (χ4n) is 4.10. The Bertz CT molecular complexity index is 1030. The molecule has 2 heterocycles. The van der Waals surface area contributed by atoms with Gasteiger partial charge in [0.25, 0.3) is 10.0 Å². The number of carbonyl (C=O) groups is 1. The van der Waals surface area contributed by atoms with Gasteiger partial charge in [0, 0.05) is 31.7 Å². The molecule has 1 atom stereocenters. The molecule has 4 rings (SSSR count). The first-order valence-electron chi connectivity index (χ1n) is 10.0. The van der Waals surface area contributed by atoms with Gasteiger partial charge in [-0.1, -0.05) is 42.5 Å². The molecule has 2 aliphatic heterocycles. The van der Waals surface area contributed by atoms with Crippen molar-refractivity contribution in [2.75, 3.05) is 19.6 Å². The summed E-state index contributed by atoms with van der Waals surface area (Å²) in [5, 5.41) is 0. The molecular weight excluding hydrogens is 386 g/mol. The molecule has 1 saturated heterocycles. The van der Waals surface area contributed by atoms with E-state index in [1.54, 1.807) is 18.2 Å². The number of hydrogen-bond donors (Lipinski definition) is 0. The Balaban J connectivity index is 1.52. The third-order valence-corrected chi connectivity index (χ3v) is 6.92. The number of hydrogen-bond acceptors (Lipinski definition) is 4. The Kier molecular flexibility index (Phi) is 5.41. The third kappa shape index (κ3) is 3.92. The van der Waals surface area contributed by atoms with Crippen molar-refractivity contribution >= 4 is 21.8 Å². The van der Waals surface area contributed by atoms with Crippen molar-refractivity contribution < 1.29 is 13.2 Å². The van der Waals surface area contributed by atoms with E-state index in [1.165, 1.54) is 0 Å². The number of amidine groups is 1. The van der Waals surface area contributed by atoms with Crippen molar-refractivity contribution in [2.24, 2.45) is 10.3 Å². The van der Waals surface area contributed by atoms with Crippen LogP contribution >= 0.6 is 0 Å². The first kappa shape index (κ1) is 19.6. The molecule has 0 aliphatic carbocycles. The summed E-state index contributed by atoms with van der Waals surface area (Å²) in [4.78, 5) is 17.3. The smallest absolute Gasteiger partial charge is 0.285 e. The van der Waals surface area contributed by atoms with Crippen LogP contribution in [0.15, 0.2) is 63.9 Å². The number of fused-ring (bicyclic) bond motifs is 1. The largest absolute Gasteiger partial charge is 0.355 e. The normalized spacial score (nSPS) is 20.1. The number of rotatable bonds is 4. The quantitative estimate of drug-likeness (QED) is 0.776. The molecule has 0 aromatic heterocycles. The van der Waals surface area contributed by atoms with Gasteiger partial charge < -0.3 is 9.80 Å². The maximum atomic E-state index is 13.2. The van der Waals surface area contributed by atoms with Crippen molar-refractivity contribution in [3.8, 4) is 0 Å². The van der Waals surface area contributed by atoms with Crippen molar-refractivity contribution in [1.29, 1.82) is 0 Å². The SMILES string of the molecule is CCN(Cc1ccccc1)C(=O)C1CCCN(C2=NS(=O)(=O)c3ccccc32)C1. The molecule has 6 nitrogen and oxygen atoms in total. The lowest BCUT2D eigenvalue weighted by Gasteiger charge is -2.35. The van der Waals surface area contributed by atoms with Crippen LogP contribution in [0.4, 0.5) is 0 Å². The molecule has 0 bridgehead atoms. The molecule has 2 aliphatic rings. The van der Waals surface area contributed by atoms with Gasteiger partial charge >= 0.3 is 0 Å². The van der Waals surface area contributed by atoms with E-state index < -0.39 is 10.0 Å². The average molecular weight is 412 g/mol. The van der Waals surface area contributed by atoms with Gasteiger partial charge in [0.2, 0.25) is 5.91 Å². The molecule has 2 aromatic rings. The topological polar surface area (TPSA) is 70.1 Å². The summed E-state index contributed by atoms with van der Waals surface area (Å²) < 4.78 is 28.8. The first-order chi connectivity index (χ1) is 14.0. The second-order valence-electron chi connectivity index (χ2n) is 7.51. The van der Waals surface area contributed by atoms with E-state index in [-0.39, 0.29) is 16.7 Å². The van der Waals surface area contributed by atoms with E-state index in [4.69, 9.17) is 0 Å². The minimum absolute atomic E-state index is 0.121. The van der Waals surface area contributed by atoms with E-state index >= 15 is 0 Å². The molecule has 0 spiro atoms. The van der Waals surface area contributed by atoms with E-state index in [2.05, 4.69) is 4.40 Å².